The van der Waals surface area contributed by atoms with E-state index in [2.05, 4.69) is 28.6 Å². The Bertz CT molecular complexity index is 1160. The first kappa shape index (κ1) is 25.4. The minimum atomic E-state index is -2.69. The van der Waals surface area contributed by atoms with Crippen molar-refractivity contribution < 1.29 is 17.6 Å². The Hall–Kier alpha value is -2.71. The molecule has 2 heterocycles. The molecule has 2 aromatic carbocycles. The lowest BCUT2D eigenvalue weighted by Crippen LogP contribution is -2.35. The zero-order chi connectivity index (χ0) is 25.1. The summed E-state index contributed by atoms with van der Waals surface area (Å²) in [6.07, 6.45) is 0.480. The Balaban J connectivity index is 1.57. The van der Waals surface area contributed by atoms with Crippen LogP contribution in [0.3, 0.4) is 0 Å². The van der Waals surface area contributed by atoms with E-state index in [1.165, 1.54) is 18.2 Å². The molecular formula is C26H27ClF4N4. The lowest BCUT2D eigenvalue weighted by Gasteiger charge is -2.32. The highest BCUT2D eigenvalue weighted by molar-refractivity contribution is 6.31. The van der Waals surface area contributed by atoms with E-state index in [-0.39, 0.29) is 23.7 Å². The zero-order valence-corrected chi connectivity index (χ0v) is 20.2. The summed E-state index contributed by atoms with van der Waals surface area (Å²) in [6, 6.07) is 9.37. The van der Waals surface area contributed by atoms with Crippen molar-refractivity contribution in [3.8, 4) is 0 Å². The van der Waals surface area contributed by atoms with Crippen LogP contribution < -0.4 is 4.90 Å². The highest BCUT2D eigenvalue weighted by Gasteiger charge is 2.26. The molecule has 0 aromatic heterocycles. The van der Waals surface area contributed by atoms with Gasteiger partial charge in [-0.05, 0) is 50.1 Å². The van der Waals surface area contributed by atoms with Crippen molar-refractivity contribution in [3.63, 3.8) is 0 Å². The fourth-order valence-electron chi connectivity index (χ4n) is 4.60. The Morgan fingerprint density at radius 1 is 1.17 bits per heavy atom. The molecule has 9 heteroatoms. The first-order chi connectivity index (χ1) is 16.8. The highest BCUT2D eigenvalue weighted by atomic mass is 35.5. The van der Waals surface area contributed by atoms with Gasteiger partial charge in [-0.1, -0.05) is 37.2 Å². The maximum absolute atomic E-state index is 15.2. The molecular weight excluding hydrogens is 480 g/mol. The van der Waals surface area contributed by atoms with E-state index in [1.54, 1.807) is 18.2 Å². The van der Waals surface area contributed by atoms with E-state index in [4.69, 9.17) is 11.6 Å². The maximum atomic E-state index is 15.2. The molecule has 0 spiro atoms. The van der Waals surface area contributed by atoms with Crippen LogP contribution in [0, 0.1) is 11.6 Å². The third-order valence-corrected chi connectivity index (χ3v) is 6.86. The molecule has 35 heavy (non-hydrogen) atoms. The minimum Gasteiger partial charge on any atom is -0.340 e. The standard InChI is InChI=1S/C26H27ClF4N4/c1-3-19-5-4-10-34(19)14-16(2)35(20-8-9-22(28)21(27)12-20)15-18-7-6-17(11-23(18)29)24-13-25(26(30)31)33-32-24/h6-9,11-12,19,26H,2-5,10,13-15H2,1H3. The normalized spacial score (nSPS) is 18.2. The predicted octanol–water partition coefficient (Wildman–Crippen LogP) is 6.83. The molecule has 2 aliphatic heterocycles. The molecule has 1 saturated heterocycles. The quantitative estimate of drug-likeness (QED) is 0.349. The zero-order valence-electron chi connectivity index (χ0n) is 19.5. The van der Waals surface area contributed by atoms with Crippen LogP contribution in [0.5, 0.6) is 0 Å². The van der Waals surface area contributed by atoms with Gasteiger partial charge in [0.2, 0.25) is 0 Å². The second-order valence-corrected chi connectivity index (χ2v) is 9.25. The third kappa shape index (κ3) is 5.76. The van der Waals surface area contributed by atoms with Gasteiger partial charge in [0, 0.05) is 41.5 Å². The number of halogens is 5. The van der Waals surface area contributed by atoms with Crippen molar-refractivity contribution in [2.24, 2.45) is 10.2 Å². The summed E-state index contributed by atoms with van der Waals surface area (Å²) in [4.78, 5) is 4.19. The number of alkyl halides is 2. The molecule has 1 atom stereocenters. The molecule has 1 unspecified atom stereocenters. The van der Waals surface area contributed by atoms with Crippen LogP contribution >= 0.6 is 11.6 Å². The van der Waals surface area contributed by atoms with Crippen molar-refractivity contribution in [3.05, 3.63) is 76.5 Å². The molecule has 4 nitrogen and oxygen atoms in total. The van der Waals surface area contributed by atoms with Crippen LogP contribution in [-0.2, 0) is 6.54 Å². The van der Waals surface area contributed by atoms with Crippen molar-refractivity contribution in [1.82, 2.24) is 4.90 Å². The summed E-state index contributed by atoms with van der Waals surface area (Å²) < 4.78 is 54.8. The molecule has 186 valence electrons. The lowest BCUT2D eigenvalue weighted by molar-refractivity contribution is 0.224. The third-order valence-electron chi connectivity index (χ3n) is 6.57. The first-order valence-corrected chi connectivity index (χ1v) is 12.0. The molecule has 2 aromatic rings. The molecule has 2 aliphatic rings. The van der Waals surface area contributed by atoms with Gasteiger partial charge < -0.3 is 4.90 Å². The Labute approximate surface area is 207 Å². The largest absolute Gasteiger partial charge is 0.340 e. The van der Waals surface area contributed by atoms with Gasteiger partial charge in [0.25, 0.3) is 6.43 Å². The van der Waals surface area contributed by atoms with Crippen molar-refractivity contribution in [2.45, 2.75) is 51.6 Å². The van der Waals surface area contributed by atoms with Crippen LogP contribution in [0.1, 0.15) is 43.7 Å². The molecule has 4 rings (SSSR count). The minimum absolute atomic E-state index is 0.0298. The van der Waals surface area contributed by atoms with Crippen LogP contribution in [0.4, 0.5) is 23.2 Å². The monoisotopic (exact) mass is 506 g/mol. The maximum Gasteiger partial charge on any atom is 0.278 e. The summed E-state index contributed by atoms with van der Waals surface area (Å²) in [5, 5.41) is 7.25. The van der Waals surface area contributed by atoms with Crippen molar-refractivity contribution in [1.29, 1.82) is 0 Å². The fourth-order valence-corrected chi connectivity index (χ4v) is 4.77. The lowest BCUT2D eigenvalue weighted by atomic mass is 10.0. The summed E-state index contributed by atoms with van der Waals surface area (Å²) in [5.74, 6) is -1.04. The summed E-state index contributed by atoms with van der Waals surface area (Å²) >= 11 is 6.05. The highest BCUT2D eigenvalue weighted by Crippen LogP contribution is 2.30. The van der Waals surface area contributed by atoms with E-state index < -0.39 is 18.1 Å². The van der Waals surface area contributed by atoms with Crippen molar-refractivity contribution >= 4 is 28.7 Å². The number of likely N-dealkylation sites (tertiary alicyclic amines) is 1. The van der Waals surface area contributed by atoms with Crippen LogP contribution in [0.15, 0.2) is 58.9 Å². The molecule has 0 amide bonds. The van der Waals surface area contributed by atoms with Gasteiger partial charge in [0.15, 0.2) is 0 Å². The molecule has 0 saturated carbocycles. The van der Waals surface area contributed by atoms with E-state index in [1.807, 2.05) is 4.90 Å². The van der Waals surface area contributed by atoms with Gasteiger partial charge in [0.05, 0.1) is 17.3 Å². The average Bonchev–Trinajstić information content (AvgIpc) is 3.50. The van der Waals surface area contributed by atoms with E-state index in [0.29, 0.717) is 35.1 Å². The predicted molar refractivity (Wildman–Crippen MR) is 133 cm³/mol. The topological polar surface area (TPSA) is 31.2 Å². The summed E-state index contributed by atoms with van der Waals surface area (Å²) in [7, 11) is 0. The number of anilines is 1. The van der Waals surface area contributed by atoms with Crippen LogP contribution in [0.2, 0.25) is 5.02 Å². The average molecular weight is 507 g/mol. The molecule has 1 fully saturated rings. The number of rotatable bonds is 9. The Kier molecular flexibility index (Phi) is 7.91. The Morgan fingerprint density at radius 3 is 2.63 bits per heavy atom. The molecule has 0 N–H and O–H groups in total. The first-order valence-electron chi connectivity index (χ1n) is 11.6. The summed E-state index contributed by atoms with van der Waals surface area (Å²) in [5.41, 5.74) is 2.10. The number of nitrogens with zero attached hydrogens (tertiary/aromatic N) is 4. The molecule has 0 radical (unpaired) electrons. The smallest absolute Gasteiger partial charge is 0.278 e. The molecule has 0 aliphatic carbocycles. The van der Waals surface area contributed by atoms with Gasteiger partial charge in [-0.25, -0.2) is 17.6 Å². The summed E-state index contributed by atoms with van der Waals surface area (Å²) in [6.45, 7) is 8.12. The van der Waals surface area contributed by atoms with Crippen LogP contribution in [0.25, 0.3) is 0 Å². The number of hydrogen-bond acceptors (Lipinski definition) is 4. The van der Waals surface area contributed by atoms with Gasteiger partial charge in [-0.2, -0.15) is 10.2 Å². The second-order valence-electron chi connectivity index (χ2n) is 8.85. The van der Waals surface area contributed by atoms with Crippen molar-refractivity contribution in [2.75, 3.05) is 18.0 Å². The fraction of sp³-hybridized carbons (Fsp3) is 0.385. The van der Waals surface area contributed by atoms with E-state index >= 15 is 4.39 Å². The van der Waals surface area contributed by atoms with Gasteiger partial charge >= 0.3 is 0 Å². The van der Waals surface area contributed by atoms with Gasteiger partial charge in [-0.15, -0.1) is 0 Å². The number of benzene rings is 2. The molecule has 0 bridgehead atoms. The van der Waals surface area contributed by atoms with E-state index in [9.17, 15) is 13.2 Å². The second kappa shape index (κ2) is 10.9. The van der Waals surface area contributed by atoms with E-state index in [0.717, 1.165) is 31.5 Å². The van der Waals surface area contributed by atoms with Gasteiger partial charge in [-0.3, -0.25) is 4.90 Å². The van der Waals surface area contributed by atoms with Gasteiger partial charge in [0.1, 0.15) is 17.3 Å². The Morgan fingerprint density at radius 2 is 1.97 bits per heavy atom. The SMILES string of the molecule is C=C(CN1CCCC1CC)N(Cc1ccc(C2=NN=C(C(F)F)C2)cc1F)c1ccc(F)c(Cl)c1. The number of hydrogen-bond donors (Lipinski definition) is 0. The van der Waals surface area contributed by atoms with Crippen LogP contribution in [-0.4, -0.2) is 41.9 Å².